The highest BCUT2D eigenvalue weighted by Gasteiger charge is 2.24. The first-order valence-corrected chi connectivity index (χ1v) is 10.3. The number of benzene rings is 2. The Morgan fingerprint density at radius 1 is 1.21 bits per heavy atom. The number of aromatic nitrogens is 3. The van der Waals surface area contributed by atoms with E-state index < -0.39 is 5.25 Å². The van der Waals surface area contributed by atoms with Gasteiger partial charge in [-0.2, -0.15) is 0 Å². The van der Waals surface area contributed by atoms with Crippen LogP contribution in [-0.4, -0.2) is 25.6 Å². The maximum absolute atomic E-state index is 13.3. The average Bonchev–Trinajstić information content (AvgIpc) is 3.06. The van der Waals surface area contributed by atoms with Gasteiger partial charge in [-0.1, -0.05) is 48.2 Å². The molecule has 29 heavy (non-hydrogen) atoms. The Labute approximate surface area is 172 Å². The molecule has 0 aliphatic rings. The molecule has 0 aliphatic carbocycles. The molecular weight excluding hydrogens is 382 g/mol. The van der Waals surface area contributed by atoms with E-state index in [1.54, 1.807) is 16.7 Å². The molecule has 0 fully saturated rings. The van der Waals surface area contributed by atoms with Gasteiger partial charge in [0.2, 0.25) is 0 Å². The number of allylic oxidation sites excluding steroid dienone is 1. The second-order valence-electron chi connectivity index (χ2n) is 6.91. The van der Waals surface area contributed by atoms with E-state index in [-0.39, 0.29) is 11.3 Å². The summed E-state index contributed by atoms with van der Waals surface area (Å²) in [6.45, 7) is 7.85. The molecule has 0 radical (unpaired) electrons. The Morgan fingerprint density at radius 3 is 2.66 bits per heavy atom. The van der Waals surface area contributed by atoms with Crippen molar-refractivity contribution < 1.29 is 4.79 Å². The Bertz CT molecular complexity index is 1300. The molecule has 5 nitrogen and oxygen atoms in total. The molecule has 0 unspecified atom stereocenters. The number of carbonyl (C=O) groups excluding carboxylic acids is 1. The van der Waals surface area contributed by atoms with Gasteiger partial charge < -0.3 is 4.98 Å². The predicted octanol–water partition coefficient (Wildman–Crippen LogP) is 4.74. The Morgan fingerprint density at radius 2 is 1.90 bits per heavy atom. The lowest BCUT2D eigenvalue weighted by atomic mass is 10.1. The quantitative estimate of drug-likeness (QED) is 0.219. The summed E-state index contributed by atoms with van der Waals surface area (Å²) in [7, 11) is 0. The van der Waals surface area contributed by atoms with Crippen LogP contribution in [0.15, 0.2) is 71.1 Å². The predicted molar refractivity (Wildman–Crippen MR) is 119 cm³/mol. The van der Waals surface area contributed by atoms with Crippen LogP contribution in [0.2, 0.25) is 0 Å². The number of nitrogens with one attached hydrogen (secondary N) is 1. The van der Waals surface area contributed by atoms with Gasteiger partial charge >= 0.3 is 0 Å². The minimum Gasteiger partial charge on any atom is -0.358 e. The van der Waals surface area contributed by atoms with Crippen molar-refractivity contribution in [1.29, 1.82) is 0 Å². The molecule has 0 saturated heterocycles. The zero-order chi connectivity index (χ0) is 20.5. The molecule has 0 bridgehead atoms. The fourth-order valence-corrected chi connectivity index (χ4v) is 4.51. The van der Waals surface area contributed by atoms with Gasteiger partial charge in [-0.3, -0.25) is 14.2 Å². The van der Waals surface area contributed by atoms with Crippen LogP contribution in [0.5, 0.6) is 0 Å². The first-order chi connectivity index (χ1) is 14.0. The van der Waals surface area contributed by atoms with Crippen LogP contribution in [-0.2, 0) is 6.54 Å². The fraction of sp³-hybridized carbons (Fsp3) is 0.174. The largest absolute Gasteiger partial charge is 0.358 e. The van der Waals surface area contributed by atoms with Gasteiger partial charge in [0.1, 0.15) is 0 Å². The van der Waals surface area contributed by atoms with Gasteiger partial charge in [0.15, 0.2) is 10.9 Å². The van der Waals surface area contributed by atoms with Crippen molar-refractivity contribution in [2.75, 3.05) is 0 Å². The molecule has 146 valence electrons. The highest BCUT2D eigenvalue weighted by molar-refractivity contribution is 8.00. The highest BCUT2D eigenvalue weighted by Crippen LogP contribution is 2.29. The Kier molecular flexibility index (Phi) is 5.11. The van der Waals surface area contributed by atoms with E-state index >= 15 is 0 Å². The zero-order valence-electron chi connectivity index (χ0n) is 16.3. The van der Waals surface area contributed by atoms with E-state index in [1.165, 1.54) is 11.8 Å². The van der Waals surface area contributed by atoms with Crippen LogP contribution in [0.1, 0.15) is 23.0 Å². The van der Waals surface area contributed by atoms with E-state index in [2.05, 4.69) is 16.5 Å². The summed E-state index contributed by atoms with van der Waals surface area (Å²) < 4.78 is 1.58. The molecule has 2 heterocycles. The van der Waals surface area contributed by atoms with E-state index in [4.69, 9.17) is 0 Å². The lowest BCUT2D eigenvalue weighted by Crippen LogP contribution is -2.24. The van der Waals surface area contributed by atoms with E-state index in [0.717, 1.165) is 16.6 Å². The number of aromatic amines is 1. The minimum atomic E-state index is -0.406. The topological polar surface area (TPSA) is 67.8 Å². The number of Topliss-reactive ketones (excluding diaryl/α,β-unsaturated/α-hetero) is 1. The number of hydrogen-bond donors (Lipinski definition) is 1. The van der Waals surface area contributed by atoms with Gasteiger partial charge in [0.25, 0.3) is 5.56 Å². The number of fused-ring (bicyclic) bond motifs is 2. The maximum atomic E-state index is 13.3. The average molecular weight is 404 g/mol. The summed E-state index contributed by atoms with van der Waals surface area (Å²) in [5.41, 5.74) is 2.99. The monoisotopic (exact) mass is 403 g/mol. The number of para-hydroxylation sites is 2. The van der Waals surface area contributed by atoms with Crippen molar-refractivity contribution in [3.63, 3.8) is 0 Å². The van der Waals surface area contributed by atoms with Gasteiger partial charge in [-0.05, 0) is 32.0 Å². The first-order valence-electron chi connectivity index (χ1n) is 9.40. The van der Waals surface area contributed by atoms with Crippen LogP contribution in [0.3, 0.4) is 0 Å². The molecule has 2 aromatic heterocycles. The van der Waals surface area contributed by atoms with Gasteiger partial charge in [-0.15, -0.1) is 6.58 Å². The van der Waals surface area contributed by atoms with Crippen molar-refractivity contribution in [3.8, 4) is 0 Å². The summed E-state index contributed by atoms with van der Waals surface area (Å²) in [6, 6.07) is 15.0. The number of ketones is 1. The number of carbonyl (C=O) groups is 1. The summed E-state index contributed by atoms with van der Waals surface area (Å²) >= 11 is 1.30. The van der Waals surface area contributed by atoms with Crippen molar-refractivity contribution >= 4 is 39.4 Å². The summed E-state index contributed by atoms with van der Waals surface area (Å²) in [5.74, 6) is 0.0116. The number of thioether (sulfide) groups is 1. The maximum Gasteiger partial charge on any atom is 0.262 e. The number of H-pyrrole nitrogens is 1. The Hall–Kier alpha value is -3.12. The van der Waals surface area contributed by atoms with Crippen LogP contribution in [0, 0.1) is 6.92 Å². The molecule has 1 atom stereocenters. The smallest absolute Gasteiger partial charge is 0.262 e. The lowest BCUT2D eigenvalue weighted by molar-refractivity contribution is 0.0995. The number of aryl methyl sites for hydroxylation is 1. The summed E-state index contributed by atoms with van der Waals surface area (Å²) in [6.07, 6.45) is 1.66. The third kappa shape index (κ3) is 3.40. The minimum absolute atomic E-state index is 0.0116. The van der Waals surface area contributed by atoms with Crippen molar-refractivity contribution in [3.05, 3.63) is 82.8 Å². The molecular formula is C23H21N3O2S. The molecule has 0 spiro atoms. The van der Waals surface area contributed by atoms with Crippen molar-refractivity contribution in [1.82, 2.24) is 14.5 Å². The molecule has 2 aromatic carbocycles. The van der Waals surface area contributed by atoms with Crippen LogP contribution in [0.4, 0.5) is 0 Å². The van der Waals surface area contributed by atoms with Gasteiger partial charge in [0.05, 0.1) is 16.2 Å². The van der Waals surface area contributed by atoms with E-state index in [9.17, 15) is 9.59 Å². The molecule has 0 amide bonds. The third-order valence-corrected chi connectivity index (χ3v) is 6.02. The normalized spacial score (nSPS) is 12.3. The molecule has 1 N–H and O–H groups in total. The Balaban J connectivity index is 1.75. The second kappa shape index (κ2) is 7.72. The number of hydrogen-bond acceptors (Lipinski definition) is 4. The summed E-state index contributed by atoms with van der Waals surface area (Å²) in [4.78, 5) is 34.1. The lowest BCUT2D eigenvalue weighted by Gasteiger charge is -2.15. The number of rotatable bonds is 6. The molecule has 0 saturated carbocycles. The fourth-order valence-electron chi connectivity index (χ4n) is 3.54. The standard InChI is InChI=1S/C23H21N3O2S/c1-4-13-26-22(28)17-10-6-8-12-19(17)25-23(26)29-15(3)21(27)20-14(2)24-18-11-7-5-9-16(18)20/h4-12,15,24H,1,13H2,2-3H3/t15-/m1/s1. The molecule has 4 rings (SSSR count). The molecule has 6 heteroatoms. The van der Waals surface area contributed by atoms with Crippen LogP contribution >= 0.6 is 11.8 Å². The van der Waals surface area contributed by atoms with Gasteiger partial charge in [-0.25, -0.2) is 4.98 Å². The van der Waals surface area contributed by atoms with Crippen molar-refractivity contribution in [2.45, 2.75) is 30.8 Å². The molecule has 0 aliphatic heterocycles. The van der Waals surface area contributed by atoms with Crippen LogP contribution < -0.4 is 5.56 Å². The van der Waals surface area contributed by atoms with E-state index in [1.807, 2.05) is 56.3 Å². The first kappa shape index (κ1) is 19.2. The molecule has 4 aromatic rings. The zero-order valence-corrected chi connectivity index (χ0v) is 17.1. The van der Waals surface area contributed by atoms with Crippen LogP contribution in [0.25, 0.3) is 21.8 Å². The second-order valence-corrected chi connectivity index (χ2v) is 8.22. The van der Waals surface area contributed by atoms with Crippen molar-refractivity contribution in [2.24, 2.45) is 0 Å². The highest BCUT2D eigenvalue weighted by atomic mass is 32.2. The van der Waals surface area contributed by atoms with E-state index in [0.29, 0.717) is 28.2 Å². The van der Waals surface area contributed by atoms with Gasteiger partial charge in [0, 0.05) is 28.7 Å². The number of nitrogens with zero attached hydrogens (tertiary/aromatic N) is 2. The SMILES string of the molecule is C=CCn1c(S[C@H](C)C(=O)c2c(C)[nH]c3ccccc23)nc2ccccc2c1=O. The summed E-state index contributed by atoms with van der Waals surface area (Å²) in [5, 5.41) is 1.59. The third-order valence-electron chi connectivity index (χ3n) is 4.93.